The minimum Gasteiger partial charge on any atom is -0.312 e. The standard InChI is InChI=1S/C13H28N2/c1-4-13(15(2)3)11-14-12-9-7-5-6-8-10-12/h12-14H,4-11H2,1-3H3. The Hall–Kier alpha value is -0.0800. The Morgan fingerprint density at radius 2 is 1.73 bits per heavy atom. The number of hydrogen-bond donors (Lipinski definition) is 1. The highest BCUT2D eigenvalue weighted by Gasteiger charge is 2.14. The molecule has 15 heavy (non-hydrogen) atoms. The average Bonchev–Trinajstić information content (AvgIpc) is 2.46. The third-order valence-electron chi connectivity index (χ3n) is 3.70. The molecule has 0 saturated heterocycles. The fourth-order valence-corrected chi connectivity index (χ4v) is 2.48. The topological polar surface area (TPSA) is 15.3 Å². The molecule has 1 N–H and O–H groups in total. The van der Waals surface area contributed by atoms with Crippen LogP contribution in [0.5, 0.6) is 0 Å². The smallest absolute Gasteiger partial charge is 0.0212 e. The van der Waals surface area contributed by atoms with Crippen molar-refractivity contribution in [1.82, 2.24) is 10.2 Å². The van der Waals surface area contributed by atoms with Crippen LogP contribution >= 0.6 is 0 Å². The van der Waals surface area contributed by atoms with Gasteiger partial charge in [-0.25, -0.2) is 0 Å². The van der Waals surface area contributed by atoms with E-state index in [9.17, 15) is 0 Å². The van der Waals surface area contributed by atoms with Crippen LogP contribution in [-0.4, -0.2) is 37.6 Å². The Morgan fingerprint density at radius 1 is 1.13 bits per heavy atom. The van der Waals surface area contributed by atoms with Crippen LogP contribution in [-0.2, 0) is 0 Å². The molecule has 0 heterocycles. The lowest BCUT2D eigenvalue weighted by molar-refractivity contribution is 0.264. The molecule has 0 aliphatic heterocycles. The molecule has 1 unspecified atom stereocenters. The molecule has 1 aliphatic rings. The molecule has 0 aromatic rings. The summed E-state index contributed by atoms with van der Waals surface area (Å²) < 4.78 is 0. The lowest BCUT2D eigenvalue weighted by Crippen LogP contribution is -2.41. The van der Waals surface area contributed by atoms with Gasteiger partial charge in [-0.1, -0.05) is 32.6 Å². The van der Waals surface area contributed by atoms with E-state index >= 15 is 0 Å². The molecule has 1 saturated carbocycles. The predicted octanol–water partition coefficient (Wildman–Crippen LogP) is 2.64. The second kappa shape index (κ2) is 7.24. The van der Waals surface area contributed by atoms with Crippen LogP contribution in [0.25, 0.3) is 0 Å². The van der Waals surface area contributed by atoms with Gasteiger partial charge in [0.25, 0.3) is 0 Å². The third kappa shape index (κ3) is 4.98. The molecular weight excluding hydrogens is 184 g/mol. The van der Waals surface area contributed by atoms with Gasteiger partial charge in [0, 0.05) is 18.6 Å². The van der Waals surface area contributed by atoms with Crippen molar-refractivity contribution in [2.75, 3.05) is 20.6 Å². The SMILES string of the molecule is CCC(CNC1CCCCCC1)N(C)C. The lowest BCUT2D eigenvalue weighted by Gasteiger charge is -2.26. The highest BCUT2D eigenvalue weighted by molar-refractivity contribution is 4.74. The van der Waals surface area contributed by atoms with E-state index in [1.54, 1.807) is 0 Å². The fourth-order valence-electron chi connectivity index (χ4n) is 2.48. The second-order valence-electron chi connectivity index (χ2n) is 5.12. The van der Waals surface area contributed by atoms with Crippen LogP contribution in [0.4, 0.5) is 0 Å². The first kappa shape index (κ1) is 13.0. The summed E-state index contributed by atoms with van der Waals surface area (Å²) in [6.45, 7) is 3.44. The van der Waals surface area contributed by atoms with Gasteiger partial charge in [0.15, 0.2) is 0 Å². The van der Waals surface area contributed by atoms with E-state index in [0.717, 1.165) is 12.6 Å². The molecule has 0 radical (unpaired) electrons. The largest absolute Gasteiger partial charge is 0.312 e. The van der Waals surface area contributed by atoms with E-state index < -0.39 is 0 Å². The Morgan fingerprint density at radius 3 is 2.20 bits per heavy atom. The maximum absolute atomic E-state index is 3.75. The molecule has 1 aliphatic carbocycles. The van der Waals surface area contributed by atoms with Gasteiger partial charge < -0.3 is 10.2 Å². The maximum Gasteiger partial charge on any atom is 0.0212 e. The number of rotatable bonds is 5. The van der Waals surface area contributed by atoms with E-state index in [0.29, 0.717) is 6.04 Å². The molecule has 1 fully saturated rings. The summed E-state index contributed by atoms with van der Waals surface area (Å²) in [6, 6.07) is 1.50. The van der Waals surface area contributed by atoms with Gasteiger partial charge in [0.05, 0.1) is 0 Å². The molecule has 0 aromatic carbocycles. The minimum atomic E-state index is 0.702. The Bertz CT molecular complexity index is 149. The normalized spacial score (nSPS) is 21.6. The van der Waals surface area contributed by atoms with Gasteiger partial charge in [0.1, 0.15) is 0 Å². The van der Waals surface area contributed by atoms with Crippen molar-refractivity contribution >= 4 is 0 Å². The van der Waals surface area contributed by atoms with Crippen molar-refractivity contribution in [3.05, 3.63) is 0 Å². The first-order chi connectivity index (χ1) is 7.24. The first-order valence-electron chi connectivity index (χ1n) is 6.63. The highest BCUT2D eigenvalue weighted by atomic mass is 15.1. The maximum atomic E-state index is 3.75. The third-order valence-corrected chi connectivity index (χ3v) is 3.70. The van der Waals surface area contributed by atoms with Crippen LogP contribution in [0.15, 0.2) is 0 Å². The molecular formula is C13H28N2. The van der Waals surface area contributed by atoms with Crippen LogP contribution in [0.2, 0.25) is 0 Å². The summed E-state index contributed by atoms with van der Waals surface area (Å²) in [5.41, 5.74) is 0. The summed E-state index contributed by atoms with van der Waals surface area (Å²) >= 11 is 0. The van der Waals surface area contributed by atoms with Crippen molar-refractivity contribution in [1.29, 1.82) is 0 Å². The number of likely N-dealkylation sites (N-methyl/N-ethyl adjacent to an activating group) is 1. The van der Waals surface area contributed by atoms with Gasteiger partial charge in [-0.05, 0) is 33.4 Å². The summed E-state index contributed by atoms with van der Waals surface area (Å²) in [5.74, 6) is 0. The van der Waals surface area contributed by atoms with Crippen molar-refractivity contribution in [2.24, 2.45) is 0 Å². The van der Waals surface area contributed by atoms with E-state index in [2.05, 4.69) is 31.2 Å². The molecule has 0 amide bonds. The quantitative estimate of drug-likeness (QED) is 0.705. The molecule has 1 atom stereocenters. The van der Waals surface area contributed by atoms with Crippen molar-refractivity contribution in [3.8, 4) is 0 Å². The average molecular weight is 212 g/mol. The Balaban J connectivity index is 2.21. The zero-order valence-electron chi connectivity index (χ0n) is 10.8. The van der Waals surface area contributed by atoms with Crippen LogP contribution in [0.3, 0.4) is 0 Å². The Kier molecular flexibility index (Phi) is 6.26. The summed E-state index contributed by atoms with van der Waals surface area (Å²) in [6.07, 6.45) is 9.78. The molecule has 90 valence electrons. The zero-order valence-corrected chi connectivity index (χ0v) is 10.8. The summed E-state index contributed by atoms with van der Waals surface area (Å²) in [4.78, 5) is 2.34. The minimum absolute atomic E-state index is 0.702. The lowest BCUT2D eigenvalue weighted by atomic mass is 10.1. The van der Waals surface area contributed by atoms with Crippen LogP contribution in [0, 0.1) is 0 Å². The van der Waals surface area contributed by atoms with E-state index in [1.807, 2.05) is 0 Å². The second-order valence-corrected chi connectivity index (χ2v) is 5.12. The molecule has 2 heteroatoms. The van der Waals surface area contributed by atoms with Crippen LogP contribution < -0.4 is 5.32 Å². The number of hydrogen-bond acceptors (Lipinski definition) is 2. The van der Waals surface area contributed by atoms with Gasteiger partial charge >= 0.3 is 0 Å². The van der Waals surface area contributed by atoms with Gasteiger partial charge in [-0.3, -0.25) is 0 Å². The van der Waals surface area contributed by atoms with Crippen molar-refractivity contribution < 1.29 is 0 Å². The van der Waals surface area contributed by atoms with E-state index in [4.69, 9.17) is 0 Å². The van der Waals surface area contributed by atoms with Gasteiger partial charge in [0.2, 0.25) is 0 Å². The first-order valence-corrected chi connectivity index (χ1v) is 6.63. The number of nitrogens with one attached hydrogen (secondary N) is 1. The predicted molar refractivity (Wildman–Crippen MR) is 67.3 cm³/mol. The molecule has 1 rings (SSSR count). The van der Waals surface area contributed by atoms with E-state index in [1.165, 1.54) is 44.9 Å². The van der Waals surface area contributed by atoms with Crippen molar-refractivity contribution in [2.45, 2.75) is 64.0 Å². The van der Waals surface area contributed by atoms with Crippen LogP contribution in [0.1, 0.15) is 51.9 Å². The monoisotopic (exact) mass is 212 g/mol. The number of nitrogens with zero attached hydrogens (tertiary/aromatic N) is 1. The molecule has 0 spiro atoms. The molecule has 0 aromatic heterocycles. The van der Waals surface area contributed by atoms with Gasteiger partial charge in [-0.15, -0.1) is 0 Å². The van der Waals surface area contributed by atoms with E-state index in [-0.39, 0.29) is 0 Å². The van der Waals surface area contributed by atoms with Gasteiger partial charge in [-0.2, -0.15) is 0 Å². The molecule has 0 bridgehead atoms. The Labute approximate surface area is 95.4 Å². The zero-order chi connectivity index (χ0) is 11.1. The molecule has 2 nitrogen and oxygen atoms in total. The van der Waals surface area contributed by atoms with Crippen molar-refractivity contribution in [3.63, 3.8) is 0 Å². The summed E-state index contributed by atoms with van der Waals surface area (Å²) in [7, 11) is 4.37. The highest BCUT2D eigenvalue weighted by Crippen LogP contribution is 2.17. The fraction of sp³-hybridized carbons (Fsp3) is 1.00. The summed E-state index contributed by atoms with van der Waals surface area (Å²) in [5, 5.41) is 3.75.